The number of aliphatic hydroxyl groups is 1. The molecule has 1 fully saturated rings. The number of aromatic nitrogens is 2. The van der Waals surface area contributed by atoms with Crippen molar-refractivity contribution in [3.05, 3.63) is 35.2 Å². The number of aryl methyl sites for hydroxylation is 2. The van der Waals surface area contributed by atoms with Crippen LogP contribution in [0.15, 0.2) is 23.1 Å². The second-order valence-corrected chi connectivity index (χ2v) is 10.6. The minimum absolute atomic E-state index is 0.0493. The summed E-state index contributed by atoms with van der Waals surface area (Å²) in [5.41, 5.74) is 2.45. The zero-order valence-electron chi connectivity index (χ0n) is 20.5. The first-order valence-electron chi connectivity index (χ1n) is 12.0. The zero-order valence-corrected chi connectivity index (χ0v) is 21.3. The van der Waals surface area contributed by atoms with Crippen LogP contribution in [0.25, 0.3) is 0 Å². The van der Waals surface area contributed by atoms with E-state index in [1.807, 2.05) is 18.7 Å². The number of anilines is 1. The van der Waals surface area contributed by atoms with Gasteiger partial charge in [-0.05, 0) is 31.5 Å². The van der Waals surface area contributed by atoms with E-state index < -0.39 is 16.2 Å². The van der Waals surface area contributed by atoms with Crippen LogP contribution in [0.2, 0.25) is 0 Å². The van der Waals surface area contributed by atoms with Gasteiger partial charge in [0.15, 0.2) is 0 Å². The molecule has 0 saturated carbocycles. The summed E-state index contributed by atoms with van der Waals surface area (Å²) in [4.78, 5) is 15.2. The number of fused-ring (bicyclic) bond motifs is 1. The van der Waals surface area contributed by atoms with Crippen LogP contribution < -0.4 is 15.4 Å². The van der Waals surface area contributed by atoms with E-state index >= 15 is 0 Å². The van der Waals surface area contributed by atoms with Gasteiger partial charge in [0.2, 0.25) is 10.0 Å². The van der Waals surface area contributed by atoms with Crippen molar-refractivity contribution < 1.29 is 23.1 Å². The topological polar surface area (TPSA) is 129 Å². The minimum Gasteiger partial charge on any atom is -0.493 e. The number of hydrogen-bond donors (Lipinski definition) is 3. The first-order valence-corrected chi connectivity index (χ1v) is 13.5. The molecule has 1 aromatic heterocycles. The molecule has 1 atom stereocenters. The highest BCUT2D eigenvalue weighted by Gasteiger charge is 2.34. The third-order valence-electron chi connectivity index (χ3n) is 6.36. The molecule has 0 aliphatic carbocycles. The number of amides is 1. The van der Waals surface area contributed by atoms with Crippen LogP contribution in [0, 0.1) is 0 Å². The van der Waals surface area contributed by atoms with Gasteiger partial charge in [0, 0.05) is 45.3 Å². The fourth-order valence-corrected chi connectivity index (χ4v) is 6.08. The Balaban J connectivity index is 1.66. The lowest BCUT2D eigenvalue weighted by Crippen LogP contribution is -2.49. The Hall–Kier alpha value is -2.67. The Morgan fingerprint density at radius 1 is 1.17 bits per heavy atom. The van der Waals surface area contributed by atoms with Crippen LogP contribution in [0.5, 0.6) is 5.75 Å². The van der Waals surface area contributed by atoms with Gasteiger partial charge >= 0.3 is 0 Å². The average molecular weight is 507 g/mol. The molecule has 4 rings (SSSR count). The summed E-state index contributed by atoms with van der Waals surface area (Å²) in [5, 5.41) is 19.9. The number of sulfonamides is 1. The molecule has 1 aromatic carbocycles. The number of nitrogens with one attached hydrogen (secondary N) is 2. The van der Waals surface area contributed by atoms with E-state index in [0.717, 1.165) is 12.1 Å². The Morgan fingerprint density at radius 3 is 2.57 bits per heavy atom. The second-order valence-electron chi connectivity index (χ2n) is 8.70. The Labute approximate surface area is 206 Å². The fourth-order valence-electron chi connectivity index (χ4n) is 4.62. The lowest BCUT2D eigenvalue weighted by molar-refractivity contribution is 0.0925. The van der Waals surface area contributed by atoms with Crippen molar-refractivity contribution in [3.63, 3.8) is 0 Å². The van der Waals surface area contributed by atoms with Gasteiger partial charge in [-0.25, -0.2) is 8.42 Å². The molecule has 2 aliphatic heterocycles. The number of carbonyl (C=O) groups is 1. The van der Waals surface area contributed by atoms with Crippen molar-refractivity contribution in [2.45, 2.75) is 37.8 Å². The number of nitrogens with zero attached hydrogens (tertiary/aromatic N) is 4. The third-order valence-corrected chi connectivity index (χ3v) is 8.26. The predicted octanol–water partition coefficient (Wildman–Crippen LogP) is 0.924. The van der Waals surface area contributed by atoms with E-state index in [-0.39, 0.29) is 17.4 Å². The molecule has 0 bridgehead atoms. The van der Waals surface area contributed by atoms with Crippen LogP contribution >= 0.6 is 0 Å². The van der Waals surface area contributed by atoms with Gasteiger partial charge in [-0.1, -0.05) is 13.3 Å². The summed E-state index contributed by atoms with van der Waals surface area (Å²) >= 11 is 0. The smallest absolute Gasteiger partial charge is 0.273 e. The zero-order chi connectivity index (χ0) is 25.2. The molecule has 2 aromatic rings. The largest absolute Gasteiger partial charge is 0.493 e. The van der Waals surface area contributed by atoms with Crippen LogP contribution in [0.3, 0.4) is 0 Å². The summed E-state index contributed by atoms with van der Waals surface area (Å²) < 4.78 is 35.7. The molecule has 35 heavy (non-hydrogen) atoms. The number of ether oxygens (including phenoxy) is 1. The summed E-state index contributed by atoms with van der Waals surface area (Å²) in [6, 6.07) is 4.78. The Bertz CT molecular complexity index is 1170. The number of benzene rings is 1. The SMILES string of the molecule is CCCc1nn(C)c2c1NC(c1cc(S(=O)(=O)N3CCN(CCO)CC3)ccc1OCC)NC2=O. The van der Waals surface area contributed by atoms with Gasteiger partial charge in [-0.15, -0.1) is 0 Å². The molecule has 3 N–H and O–H groups in total. The molecule has 0 spiro atoms. The Kier molecular flexibility index (Phi) is 7.64. The normalized spacial score (nSPS) is 19.2. The van der Waals surface area contributed by atoms with Crippen LogP contribution in [0.1, 0.15) is 48.2 Å². The van der Waals surface area contributed by atoms with Crippen molar-refractivity contribution in [2.75, 3.05) is 51.3 Å². The first kappa shape index (κ1) is 25.4. The lowest BCUT2D eigenvalue weighted by atomic mass is 10.1. The van der Waals surface area contributed by atoms with Gasteiger partial charge in [-0.3, -0.25) is 14.4 Å². The Morgan fingerprint density at radius 2 is 1.91 bits per heavy atom. The van der Waals surface area contributed by atoms with E-state index in [2.05, 4.69) is 15.7 Å². The van der Waals surface area contributed by atoms with E-state index in [1.54, 1.807) is 29.9 Å². The number of piperazine rings is 1. The van der Waals surface area contributed by atoms with Gasteiger partial charge in [0.1, 0.15) is 17.6 Å². The highest BCUT2D eigenvalue weighted by atomic mass is 32.2. The van der Waals surface area contributed by atoms with Crippen molar-refractivity contribution in [1.82, 2.24) is 24.3 Å². The molecular weight excluding hydrogens is 472 g/mol. The molecular formula is C23H34N6O5S. The van der Waals surface area contributed by atoms with E-state index in [0.29, 0.717) is 68.4 Å². The molecule has 3 heterocycles. The molecule has 1 amide bonds. The number of carbonyl (C=O) groups excluding carboxylic acids is 1. The predicted molar refractivity (Wildman–Crippen MR) is 131 cm³/mol. The van der Waals surface area contributed by atoms with Crippen molar-refractivity contribution in [1.29, 1.82) is 0 Å². The number of rotatable bonds is 9. The summed E-state index contributed by atoms with van der Waals surface area (Å²) in [7, 11) is -2.01. The van der Waals surface area contributed by atoms with Crippen molar-refractivity contribution in [3.8, 4) is 5.75 Å². The van der Waals surface area contributed by atoms with Gasteiger partial charge in [0.25, 0.3) is 5.91 Å². The van der Waals surface area contributed by atoms with E-state index in [4.69, 9.17) is 9.84 Å². The second kappa shape index (κ2) is 10.5. The van der Waals surface area contributed by atoms with Crippen LogP contribution in [-0.4, -0.2) is 84.4 Å². The number of hydrogen-bond acceptors (Lipinski definition) is 8. The molecule has 12 heteroatoms. The molecule has 1 saturated heterocycles. The maximum atomic E-state index is 13.5. The monoisotopic (exact) mass is 506 g/mol. The number of aliphatic hydroxyl groups excluding tert-OH is 1. The molecule has 0 radical (unpaired) electrons. The maximum Gasteiger partial charge on any atom is 0.273 e. The number of β-amino-alcohol motifs (C(OH)–C–C–N with tert-alkyl or cyclic N) is 1. The van der Waals surface area contributed by atoms with Crippen LogP contribution in [0.4, 0.5) is 5.69 Å². The maximum absolute atomic E-state index is 13.5. The lowest BCUT2D eigenvalue weighted by Gasteiger charge is -2.34. The van der Waals surface area contributed by atoms with E-state index in [1.165, 1.54) is 4.31 Å². The fraction of sp³-hybridized carbons (Fsp3) is 0.565. The van der Waals surface area contributed by atoms with Crippen LogP contribution in [-0.2, 0) is 23.5 Å². The quantitative estimate of drug-likeness (QED) is 0.458. The van der Waals surface area contributed by atoms with Gasteiger partial charge in [-0.2, -0.15) is 9.40 Å². The summed E-state index contributed by atoms with van der Waals surface area (Å²) in [6.45, 7) is 6.70. The summed E-state index contributed by atoms with van der Waals surface area (Å²) in [5.74, 6) is 0.221. The highest BCUT2D eigenvalue weighted by Crippen LogP contribution is 2.35. The van der Waals surface area contributed by atoms with E-state index in [9.17, 15) is 13.2 Å². The standard InChI is InChI=1S/C23H34N6O5S/c1-4-6-18-20-21(27(3)26-18)23(31)25-22(24-20)17-15-16(7-8-19(17)34-5-2)35(32,33)29-11-9-28(10-12-29)13-14-30/h7-8,15,22,24,30H,4-6,9-14H2,1-3H3,(H,25,31). The third kappa shape index (κ3) is 5.01. The molecule has 192 valence electrons. The van der Waals surface area contributed by atoms with Crippen molar-refractivity contribution in [2.24, 2.45) is 7.05 Å². The van der Waals surface area contributed by atoms with Gasteiger partial charge in [0.05, 0.1) is 29.5 Å². The minimum atomic E-state index is -3.75. The highest BCUT2D eigenvalue weighted by molar-refractivity contribution is 7.89. The molecule has 2 aliphatic rings. The van der Waals surface area contributed by atoms with Crippen molar-refractivity contribution >= 4 is 21.6 Å². The molecule has 11 nitrogen and oxygen atoms in total. The first-order chi connectivity index (χ1) is 16.8. The summed E-state index contributed by atoms with van der Waals surface area (Å²) in [6.07, 6.45) is 0.916. The van der Waals surface area contributed by atoms with Gasteiger partial charge < -0.3 is 20.5 Å². The average Bonchev–Trinajstić information content (AvgIpc) is 3.15. The molecule has 1 unspecified atom stereocenters.